The van der Waals surface area contributed by atoms with Crippen LogP contribution in [-0.4, -0.2) is 51.2 Å². The zero-order chi connectivity index (χ0) is 14.3. The lowest BCUT2D eigenvalue weighted by molar-refractivity contribution is 0.0657. The Hall–Kier alpha value is -1.37. The molecule has 0 unspecified atom stereocenters. The Morgan fingerprint density at radius 2 is 2.14 bits per heavy atom. The second-order valence-corrected chi connectivity index (χ2v) is 5.37. The summed E-state index contributed by atoms with van der Waals surface area (Å²) in [5.41, 5.74) is 2.30. The number of rotatable bonds is 1. The fourth-order valence-corrected chi connectivity index (χ4v) is 2.71. The van der Waals surface area contributed by atoms with Gasteiger partial charge in [-0.05, 0) is 19.9 Å². The number of aryl methyl sites for hydroxylation is 2. The molecule has 0 saturated carbocycles. The summed E-state index contributed by atoms with van der Waals surface area (Å²) < 4.78 is 1.71. The van der Waals surface area contributed by atoms with Gasteiger partial charge in [-0.2, -0.15) is 5.10 Å². The smallest absolute Gasteiger partial charge is 0.255 e. The maximum Gasteiger partial charge on any atom is 0.255 e. The molecule has 3 heterocycles. The quantitative estimate of drug-likeness (QED) is 0.851. The van der Waals surface area contributed by atoms with Crippen molar-refractivity contribution in [3.63, 3.8) is 0 Å². The van der Waals surface area contributed by atoms with Crippen LogP contribution < -0.4 is 5.32 Å². The predicted molar refractivity (Wildman–Crippen MR) is 91.1 cm³/mol. The minimum Gasteiger partial charge on any atom is -0.333 e. The van der Waals surface area contributed by atoms with E-state index in [0.29, 0.717) is 5.56 Å². The molecule has 1 aliphatic heterocycles. The highest BCUT2D eigenvalue weighted by Crippen LogP contribution is 2.20. The zero-order valence-electron chi connectivity index (χ0n) is 12.9. The molecule has 22 heavy (non-hydrogen) atoms. The molecule has 0 spiro atoms. The highest BCUT2D eigenvalue weighted by atomic mass is 35.5. The molecule has 1 saturated heterocycles. The van der Waals surface area contributed by atoms with E-state index in [4.69, 9.17) is 0 Å². The van der Waals surface area contributed by atoms with Crippen LogP contribution in [0.5, 0.6) is 0 Å². The van der Waals surface area contributed by atoms with E-state index in [1.165, 1.54) is 0 Å². The number of nitrogens with one attached hydrogen (secondary N) is 1. The summed E-state index contributed by atoms with van der Waals surface area (Å²) in [6.45, 7) is 6.40. The summed E-state index contributed by atoms with van der Waals surface area (Å²) in [6.07, 6.45) is 1.72. The largest absolute Gasteiger partial charge is 0.333 e. The number of piperazine rings is 1. The molecule has 122 valence electrons. The third-order valence-electron chi connectivity index (χ3n) is 3.83. The number of carbonyl (C=O) groups excluding carboxylic acids is 1. The molecule has 3 rings (SSSR count). The Balaban J connectivity index is 0.00000121. The third kappa shape index (κ3) is 3.19. The van der Waals surface area contributed by atoms with Gasteiger partial charge in [-0.3, -0.25) is 9.48 Å². The average molecular weight is 346 g/mol. The molecule has 2 aromatic heterocycles. The van der Waals surface area contributed by atoms with Gasteiger partial charge in [-0.1, -0.05) is 0 Å². The van der Waals surface area contributed by atoms with E-state index in [9.17, 15) is 4.79 Å². The Kier molecular flexibility index (Phi) is 6.17. The third-order valence-corrected chi connectivity index (χ3v) is 3.83. The van der Waals surface area contributed by atoms with Crippen molar-refractivity contribution in [3.05, 3.63) is 23.5 Å². The first-order chi connectivity index (χ1) is 9.58. The van der Waals surface area contributed by atoms with Gasteiger partial charge in [0, 0.05) is 38.4 Å². The van der Waals surface area contributed by atoms with Gasteiger partial charge in [0.2, 0.25) is 0 Å². The molecular formula is C14H21Cl2N5O. The molecule has 1 amide bonds. The molecule has 1 atom stereocenters. The first-order valence-electron chi connectivity index (χ1n) is 6.89. The number of hydrogen-bond donors (Lipinski definition) is 1. The van der Waals surface area contributed by atoms with Gasteiger partial charge in [0.25, 0.3) is 5.91 Å². The number of aromatic nitrogens is 3. The Morgan fingerprint density at radius 3 is 2.82 bits per heavy atom. The summed E-state index contributed by atoms with van der Waals surface area (Å²) in [5, 5.41) is 8.34. The Morgan fingerprint density at radius 1 is 1.41 bits per heavy atom. The lowest BCUT2D eigenvalue weighted by atomic mass is 10.1. The van der Waals surface area contributed by atoms with Gasteiger partial charge in [-0.25, -0.2) is 4.98 Å². The van der Waals surface area contributed by atoms with Gasteiger partial charge < -0.3 is 10.2 Å². The van der Waals surface area contributed by atoms with Crippen LogP contribution in [0, 0.1) is 6.92 Å². The SMILES string of the molecule is Cc1cc(C(=O)N2CCNC[C@H]2C)c2cnn(C)c2n1.Cl.Cl. The number of pyridine rings is 1. The number of halogens is 2. The van der Waals surface area contributed by atoms with Gasteiger partial charge in [0.15, 0.2) is 5.65 Å². The van der Waals surface area contributed by atoms with Crippen molar-refractivity contribution < 1.29 is 4.79 Å². The minimum absolute atomic E-state index is 0. The molecule has 1 fully saturated rings. The van der Waals surface area contributed by atoms with E-state index >= 15 is 0 Å². The molecule has 1 N–H and O–H groups in total. The molecule has 6 nitrogen and oxygen atoms in total. The van der Waals surface area contributed by atoms with E-state index in [1.54, 1.807) is 10.9 Å². The van der Waals surface area contributed by atoms with E-state index < -0.39 is 0 Å². The van der Waals surface area contributed by atoms with Crippen LogP contribution in [-0.2, 0) is 7.05 Å². The summed E-state index contributed by atoms with van der Waals surface area (Å²) in [7, 11) is 1.84. The predicted octanol–water partition coefficient (Wildman–Crippen LogP) is 1.55. The number of amides is 1. The van der Waals surface area contributed by atoms with Crippen molar-refractivity contribution >= 4 is 41.8 Å². The zero-order valence-corrected chi connectivity index (χ0v) is 14.5. The van der Waals surface area contributed by atoms with E-state index in [1.807, 2.05) is 24.9 Å². The van der Waals surface area contributed by atoms with Crippen molar-refractivity contribution in [2.75, 3.05) is 19.6 Å². The van der Waals surface area contributed by atoms with Crippen LogP contribution in [0.4, 0.5) is 0 Å². The molecule has 0 bridgehead atoms. The lowest BCUT2D eigenvalue weighted by Crippen LogP contribution is -2.52. The van der Waals surface area contributed by atoms with Crippen molar-refractivity contribution in [1.82, 2.24) is 25.0 Å². The van der Waals surface area contributed by atoms with Gasteiger partial charge >= 0.3 is 0 Å². The summed E-state index contributed by atoms with van der Waals surface area (Å²) in [5.74, 6) is 0.0718. The molecule has 0 aliphatic carbocycles. The minimum atomic E-state index is 0. The van der Waals surface area contributed by atoms with Crippen molar-refractivity contribution in [3.8, 4) is 0 Å². The van der Waals surface area contributed by atoms with Gasteiger partial charge in [0.1, 0.15) is 0 Å². The standard InChI is InChI=1S/C14H19N5O.2ClH/c1-9-6-11(12-8-16-18(3)13(12)17-9)14(20)19-5-4-15-7-10(19)2;;/h6,8,10,15H,4-5,7H2,1-3H3;2*1H/t10-;;/m1../s1. The molecule has 2 aromatic rings. The lowest BCUT2D eigenvalue weighted by Gasteiger charge is -2.34. The topological polar surface area (TPSA) is 63.1 Å². The Labute approximate surface area is 142 Å². The first-order valence-corrected chi connectivity index (χ1v) is 6.89. The molecule has 8 heteroatoms. The maximum absolute atomic E-state index is 12.8. The second kappa shape index (κ2) is 7.26. The van der Waals surface area contributed by atoms with Crippen LogP contribution in [0.15, 0.2) is 12.3 Å². The molecule has 0 aromatic carbocycles. The van der Waals surface area contributed by atoms with Crippen molar-refractivity contribution in [1.29, 1.82) is 0 Å². The number of carbonyl (C=O) groups is 1. The monoisotopic (exact) mass is 345 g/mol. The highest BCUT2D eigenvalue weighted by Gasteiger charge is 2.26. The molecule has 1 aliphatic rings. The van der Waals surface area contributed by atoms with Crippen LogP contribution in [0.25, 0.3) is 11.0 Å². The van der Waals surface area contributed by atoms with Gasteiger partial charge in [-0.15, -0.1) is 24.8 Å². The summed E-state index contributed by atoms with van der Waals surface area (Å²) >= 11 is 0. The van der Waals surface area contributed by atoms with Gasteiger partial charge in [0.05, 0.1) is 17.1 Å². The molecule has 0 radical (unpaired) electrons. The normalized spacial score (nSPS) is 17.8. The maximum atomic E-state index is 12.8. The average Bonchev–Trinajstić information content (AvgIpc) is 2.79. The fraction of sp³-hybridized carbons (Fsp3) is 0.500. The summed E-state index contributed by atoms with van der Waals surface area (Å²) in [6, 6.07) is 2.07. The van der Waals surface area contributed by atoms with Crippen LogP contribution in [0.2, 0.25) is 0 Å². The molecular weight excluding hydrogens is 325 g/mol. The summed E-state index contributed by atoms with van der Waals surface area (Å²) in [4.78, 5) is 19.2. The number of fused-ring (bicyclic) bond motifs is 1. The number of nitrogens with zero attached hydrogens (tertiary/aromatic N) is 4. The van der Waals surface area contributed by atoms with Crippen molar-refractivity contribution in [2.24, 2.45) is 7.05 Å². The number of hydrogen-bond acceptors (Lipinski definition) is 4. The van der Waals surface area contributed by atoms with E-state index in [0.717, 1.165) is 36.4 Å². The Bertz CT molecular complexity index is 673. The van der Waals surface area contributed by atoms with E-state index in [2.05, 4.69) is 22.3 Å². The first kappa shape index (κ1) is 18.7. The van der Waals surface area contributed by atoms with E-state index in [-0.39, 0.29) is 36.8 Å². The highest BCUT2D eigenvalue weighted by molar-refractivity contribution is 6.05. The van der Waals surface area contributed by atoms with Crippen molar-refractivity contribution in [2.45, 2.75) is 19.9 Å². The van der Waals surface area contributed by atoms with Crippen LogP contribution >= 0.6 is 24.8 Å². The second-order valence-electron chi connectivity index (χ2n) is 5.37. The van der Waals surface area contributed by atoms with Crippen LogP contribution in [0.1, 0.15) is 23.0 Å². The fourth-order valence-electron chi connectivity index (χ4n) is 2.71. The van der Waals surface area contributed by atoms with Crippen LogP contribution in [0.3, 0.4) is 0 Å².